The van der Waals surface area contributed by atoms with Crippen molar-refractivity contribution in [1.29, 1.82) is 0 Å². The van der Waals surface area contributed by atoms with Crippen molar-refractivity contribution in [3.8, 4) is 10.6 Å². The van der Waals surface area contributed by atoms with Crippen LogP contribution in [-0.4, -0.2) is 25.2 Å². The molecule has 0 aliphatic heterocycles. The Morgan fingerprint density at radius 1 is 1.33 bits per heavy atom. The molecule has 3 aromatic rings. The Labute approximate surface area is 145 Å². The topological polar surface area (TPSA) is 64.7 Å². The normalized spacial score (nSPS) is 12.5. The number of carbonyl (C=O) groups excluding carboxylic acids is 1. The second-order valence-corrected chi connectivity index (χ2v) is 7.05. The molecule has 0 aromatic carbocycles. The van der Waals surface area contributed by atoms with Crippen LogP contribution in [0.3, 0.4) is 0 Å². The highest BCUT2D eigenvalue weighted by Gasteiger charge is 2.24. The lowest BCUT2D eigenvalue weighted by molar-refractivity contribution is 0.0912. The molecule has 0 spiro atoms. The molecule has 0 radical (unpaired) electrons. The molecular formula is C17H21N5OS. The molecule has 1 N–H and O–H groups in total. The Morgan fingerprint density at radius 3 is 2.71 bits per heavy atom. The number of nitrogens with zero attached hydrogens (tertiary/aromatic N) is 4. The molecule has 1 atom stereocenters. The average molecular weight is 343 g/mol. The molecule has 126 valence electrons. The van der Waals surface area contributed by atoms with Crippen LogP contribution in [-0.2, 0) is 14.1 Å². The first kappa shape index (κ1) is 16.4. The largest absolute Gasteiger partial charge is 0.340 e. The SMILES string of the molecule is CC(C)C(NC(=O)c1cc(-c2cccs2)nn1C)c1nccn1C. The molecule has 6 nitrogen and oxygen atoms in total. The van der Waals surface area contributed by atoms with Crippen molar-refractivity contribution < 1.29 is 4.79 Å². The monoisotopic (exact) mass is 343 g/mol. The standard InChI is InChI=1S/C17H21N5OS/c1-11(2)15(16-18-7-8-21(16)3)19-17(23)13-10-12(20-22(13)4)14-6-5-9-24-14/h5-11,15H,1-4H3,(H,19,23). The number of aromatic nitrogens is 4. The highest BCUT2D eigenvalue weighted by Crippen LogP contribution is 2.25. The molecule has 1 amide bonds. The van der Waals surface area contributed by atoms with Gasteiger partial charge in [-0.2, -0.15) is 5.10 Å². The third kappa shape index (κ3) is 3.12. The van der Waals surface area contributed by atoms with Gasteiger partial charge in [0.15, 0.2) is 0 Å². The number of rotatable bonds is 5. The summed E-state index contributed by atoms with van der Waals surface area (Å²) in [5.74, 6) is 0.925. The smallest absolute Gasteiger partial charge is 0.270 e. The van der Waals surface area contributed by atoms with E-state index in [1.807, 2.05) is 41.4 Å². The van der Waals surface area contributed by atoms with E-state index in [2.05, 4.69) is 29.2 Å². The predicted molar refractivity (Wildman–Crippen MR) is 94.8 cm³/mol. The first-order valence-electron chi connectivity index (χ1n) is 7.83. The average Bonchev–Trinajstić information content (AvgIpc) is 3.25. The summed E-state index contributed by atoms with van der Waals surface area (Å²) in [6.45, 7) is 4.14. The lowest BCUT2D eigenvalue weighted by atomic mass is 10.0. The predicted octanol–water partition coefficient (Wildman–Crippen LogP) is 3.01. The van der Waals surface area contributed by atoms with E-state index >= 15 is 0 Å². The number of thiophene rings is 1. The molecule has 1 unspecified atom stereocenters. The summed E-state index contributed by atoms with van der Waals surface area (Å²) >= 11 is 1.61. The van der Waals surface area contributed by atoms with Crippen molar-refractivity contribution >= 4 is 17.2 Å². The van der Waals surface area contributed by atoms with E-state index in [4.69, 9.17) is 0 Å². The van der Waals surface area contributed by atoms with Gasteiger partial charge >= 0.3 is 0 Å². The lowest BCUT2D eigenvalue weighted by Gasteiger charge is -2.22. The van der Waals surface area contributed by atoms with Gasteiger partial charge in [-0.05, 0) is 23.4 Å². The quantitative estimate of drug-likeness (QED) is 0.774. The molecule has 7 heteroatoms. The molecule has 0 saturated heterocycles. The summed E-state index contributed by atoms with van der Waals surface area (Å²) in [5, 5.41) is 9.55. The maximum Gasteiger partial charge on any atom is 0.270 e. The summed E-state index contributed by atoms with van der Waals surface area (Å²) in [6, 6.07) is 5.65. The van der Waals surface area contributed by atoms with Gasteiger partial charge in [-0.15, -0.1) is 11.3 Å². The van der Waals surface area contributed by atoms with Crippen LogP contribution in [0, 0.1) is 5.92 Å². The summed E-state index contributed by atoms with van der Waals surface area (Å²) in [4.78, 5) is 18.2. The third-order valence-electron chi connectivity index (χ3n) is 3.98. The molecule has 3 aromatic heterocycles. The fourth-order valence-corrected chi connectivity index (χ4v) is 3.33. The van der Waals surface area contributed by atoms with Crippen LogP contribution in [0.2, 0.25) is 0 Å². The molecule has 24 heavy (non-hydrogen) atoms. The summed E-state index contributed by atoms with van der Waals surface area (Å²) < 4.78 is 3.56. The number of amides is 1. The Hall–Kier alpha value is -2.41. The lowest BCUT2D eigenvalue weighted by Crippen LogP contribution is -2.34. The van der Waals surface area contributed by atoms with Crippen LogP contribution < -0.4 is 5.32 Å². The molecule has 0 bridgehead atoms. The van der Waals surface area contributed by atoms with Crippen molar-refractivity contribution in [3.63, 3.8) is 0 Å². The minimum absolute atomic E-state index is 0.144. The Balaban J connectivity index is 1.85. The fourth-order valence-electron chi connectivity index (χ4n) is 2.65. The van der Waals surface area contributed by atoms with E-state index in [0.29, 0.717) is 5.69 Å². The highest BCUT2D eigenvalue weighted by molar-refractivity contribution is 7.13. The van der Waals surface area contributed by atoms with Gasteiger partial charge in [-0.1, -0.05) is 19.9 Å². The highest BCUT2D eigenvalue weighted by atomic mass is 32.1. The van der Waals surface area contributed by atoms with Crippen LogP contribution in [0.25, 0.3) is 10.6 Å². The van der Waals surface area contributed by atoms with Crippen molar-refractivity contribution in [2.45, 2.75) is 19.9 Å². The van der Waals surface area contributed by atoms with Gasteiger partial charge < -0.3 is 9.88 Å². The summed E-state index contributed by atoms with van der Waals surface area (Å²) in [7, 11) is 3.72. The van der Waals surface area contributed by atoms with Crippen LogP contribution in [0.5, 0.6) is 0 Å². The molecule has 0 aliphatic rings. The number of nitrogens with one attached hydrogen (secondary N) is 1. The molecule has 0 saturated carbocycles. The van der Waals surface area contributed by atoms with Crippen molar-refractivity contribution in [1.82, 2.24) is 24.6 Å². The van der Waals surface area contributed by atoms with Crippen LogP contribution >= 0.6 is 11.3 Å². The van der Waals surface area contributed by atoms with Gasteiger partial charge in [-0.3, -0.25) is 9.48 Å². The van der Waals surface area contributed by atoms with Crippen molar-refractivity contribution in [3.05, 3.63) is 47.5 Å². The maximum absolute atomic E-state index is 12.8. The molecular weight excluding hydrogens is 322 g/mol. The van der Waals surface area contributed by atoms with Gasteiger partial charge in [0.05, 0.1) is 10.9 Å². The zero-order chi connectivity index (χ0) is 17.3. The van der Waals surface area contributed by atoms with Gasteiger partial charge in [-0.25, -0.2) is 4.98 Å². The Bertz CT molecular complexity index is 831. The van der Waals surface area contributed by atoms with Crippen molar-refractivity contribution in [2.24, 2.45) is 20.0 Å². The van der Waals surface area contributed by atoms with E-state index in [0.717, 1.165) is 16.4 Å². The molecule has 0 fully saturated rings. The third-order valence-corrected chi connectivity index (χ3v) is 4.87. The van der Waals surface area contributed by atoms with Crippen LogP contribution in [0.4, 0.5) is 0 Å². The first-order valence-corrected chi connectivity index (χ1v) is 8.71. The molecule has 3 rings (SSSR count). The van der Waals surface area contributed by atoms with Gasteiger partial charge in [0.2, 0.25) is 0 Å². The zero-order valence-electron chi connectivity index (χ0n) is 14.2. The van der Waals surface area contributed by atoms with E-state index in [1.165, 1.54) is 0 Å². The number of hydrogen-bond acceptors (Lipinski definition) is 4. The van der Waals surface area contributed by atoms with E-state index in [-0.39, 0.29) is 17.9 Å². The Morgan fingerprint density at radius 2 is 2.12 bits per heavy atom. The minimum Gasteiger partial charge on any atom is -0.340 e. The maximum atomic E-state index is 12.8. The number of aryl methyl sites for hydroxylation is 2. The fraction of sp³-hybridized carbons (Fsp3) is 0.353. The van der Waals surface area contributed by atoms with Crippen LogP contribution in [0.1, 0.15) is 36.2 Å². The van der Waals surface area contributed by atoms with Crippen molar-refractivity contribution in [2.75, 3.05) is 0 Å². The van der Waals surface area contributed by atoms with Crippen LogP contribution in [0.15, 0.2) is 36.0 Å². The minimum atomic E-state index is -0.155. The first-order chi connectivity index (χ1) is 11.5. The number of carbonyl (C=O) groups is 1. The second-order valence-electron chi connectivity index (χ2n) is 6.11. The molecule has 3 heterocycles. The summed E-state index contributed by atoms with van der Waals surface area (Å²) in [5.41, 5.74) is 1.36. The number of imidazole rings is 1. The van der Waals surface area contributed by atoms with E-state index < -0.39 is 0 Å². The van der Waals surface area contributed by atoms with E-state index in [1.54, 1.807) is 29.3 Å². The van der Waals surface area contributed by atoms with Gasteiger partial charge in [0.25, 0.3) is 5.91 Å². The van der Waals surface area contributed by atoms with Gasteiger partial charge in [0, 0.05) is 26.5 Å². The van der Waals surface area contributed by atoms with Gasteiger partial charge in [0.1, 0.15) is 17.2 Å². The summed E-state index contributed by atoms with van der Waals surface area (Å²) in [6.07, 6.45) is 3.63. The Kier molecular flexibility index (Phi) is 4.53. The molecule has 0 aliphatic carbocycles. The number of hydrogen-bond donors (Lipinski definition) is 1. The van der Waals surface area contributed by atoms with E-state index in [9.17, 15) is 4.79 Å². The zero-order valence-corrected chi connectivity index (χ0v) is 15.0. The second kappa shape index (κ2) is 6.60.